The van der Waals surface area contributed by atoms with Crippen molar-refractivity contribution in [2.45, 2.75) is 71.4 Å². The molecule has 0 spiro atoms. The Bertz CT molecular complexity index is 368. The second-order valence-corrected chi connectivity index (χ2v) is 6.28. The zero-order valence-electron chi connectivity index (χ0n) is 12.8. The molecule has 2 rings (SSSR count). The average Bonchev–Trinajstić information content (AvgIpc) is 2.64. The predicted octanol–water partition coefficient (Wildman–Crippen LogP) is 5.00. The van der Waals surface area contributed by atoms with E-state index in [0.29, 0.717) is 12.1 Å². The van der Waals surface area contributed by atoms with Crippen LogP contribution < -0.4 is 5.32 Å². The van der Waals surface area contributed by atoms with E-state index < -0.39 is 0 Å². The Labute approximate surface area is 118 Å². The van der Waals surface area contributed by atoms with Crippen molar-refractivity contribution >= 4 is 0 Å². The molecule has 3 atom stereocenters. The smallest absolute Gasteiger partial charge is 0.0294 e. The second-order valence-electron chi connectivity index (χ2n) is 6.28. The monoisotopic (exact) mass is 259 g/mol. The van der Waals surface area contributed by atoms with Gasteiger partial charge in [0.05, 0.1) is 0 Å². The van der Waals surface area contributed by atoms with E-state index in [1.54, 1.807) is 0 Å². The average molecular weight is 259 g/mol. The highest BCUT2D eigenvalue weighted by atomic mass is 14.9. The van der Waals surface area contributed by atoms with E-state index >= 15 is 0 Å². The third-order valence-electron chi connectivity index (χ3n) is 4.73. The molecule has 0 radical (unpaired) electrons. The van der Waals surface area contributed by atoms with Crippen molar-refractivity contribution in [3.05, 3.63) is 35.4 Å². The highest BCUT2D eigenvalue weighted by Gasteiger charge is 2.19. The fourth-order valence-electron chi connectivity index (χ4n) is 3.26. The summed E-state index contributed by atoms with van der Waals surface area (Å²) >= 11 is 0. The van der Waals surface area contributed by atoms with E-state index in [-0.39, 0.29) is 0 Å². The molecular formula is C18H29N. The number of benzene rings is 1. The molecule has 19 heavy (non-hydrogen) atoms. The van der Waals surface area contributed by atoms with Crippen molar-refractivity contribution in [3.63, 3.8) is 0 Å². The lowest BCUT2D eigenvalue weighted by molar-refractivity contribution is 0.400. The fraction of sp³-hybridized carbons (Fsp3) is 0.667. The summed E-state index contributed by atoms with van der Waals surface area (Å²) in [5.74, 6) is 0.974. The number of hydrogen-bond acceptors (Lipinski definition) is 1. The summed E-state index contributed by atoms with van der Waals surface area (Å²) < 4.78 is 0. The lowest BCUT2D eigenvalue weighted by Crippen LogP contribution is -2.31. The number of hydrogen-bond donors (Lipinski definition) is 1. The van der Waals surface area contributed by atoms with Gasteiger partial charge in [-0.05, 0) is 44.6 Å². The summed E-state index contributed by atoms with van der Waals surface area (Å²) in [5, 5.41) is 3.84. The fourth-order valence-corrected chi connectivity index (χ4v) is 3.26. The molecule has 1 aliphatic carbocycles. The Morgan fingerprint density at radius 2 is 1.84 bits per heavy atom. The van der Waals surface area contributed by atoms with Crippen LogP contribution >= 0.6 is 0 Å². The molecule has 1 saturated carbocycles. The maximum Gasteiger partial charge on any atom is 0.0294 e. The van der Waals surface area contributed by atoms with Crippen molar-refractivity contribution in [2.24, 2.45) is 5.92 Å². The van der Waals surface area contributed by atoms with Crippen molar-refractivity contribution < 1.29 is 0 Å². The van der Waals surface area contributed by atoms with Gasteiger partial charge in [0.2, 0.25) is 0 Å². The minimum atomic E-state index is 0.476. The molecule has 1 fully saturated rings. The van der Waals surface area contributed by atoms with Gasteiger partial charge in [-0.3, -0.25) is 0 Å². The minimum Gasteiger partial charge on any atom is -0.307 e. The topological polar surface area (TPSA) is 12.0 Å². The van der Waals surface area contributed by atoms with Crippen molar-refractivity contribution in [3.8, 4) is 0 Å². The predicted molar refractivity (Wildman–Crippen MR) is 83.4 cm³/mol. The first-order valence-corrected chi connectivity index (χ1v) is 8.01. The summed E-state index contributed by atoms with van der Waals surface area (Å²) in [6.07, 6.45) is 8.32. The molecule has 1 heteroatoms. The molecule has 1 aromatic rings. The highest BCUT2D eigenvalue weighted by Crippen LogP contribution is 2.27. The molecule has 1 aromatic carbocycles. The van der Waals surface area contributed by atoms with Crippen LogP contribution in [0.25, 0.3) is 0 Å². The Morgan fingerprint density at radius 1 is 1.11 bits per heavy atom. The first kappa shape index (κ1) is 14.6. The molecule has 1 aliphatic rings. The van der Waals surface area contributed by atoms with Crippen molar-refractivity contribution in [1.82, 2.24) is 5.32 Å². The molecule has 2 unspecified atom stereocenters. The van der Waals surface area contributed by atoms with Crippen LogP contribution in [0.3, 0.4) is 0 Å². The Balaban J connectivity index is 1.88. The molecule has 0 bridgehead atoms. The first-order chi connectivity index (χ1) is 9.19. The zero-order valence-corrected chi connectivity index (χ0v) is 12.8. The normalized spacial score (nSPS) is 25.8. The van der Waals surface area contributed by atoms with E-state index in [1.165, 1.54) is 49.7 Å². The molecule has 1 N–H and O–H groups in total. The van der Waals surface area contributed by atoms with Crippen LogP contribution in [0.15, 0.2) is 24.3 Å². The standard InChI is InChI=1S/C18H29N/c1-4-16-6-5-7-18(13-10-16)19-15(3)17-11-8-14(2)9-12-17/h8-9,11-12,15-16,18-19H,4-7,10,13H2,1-3H3/t15-,16?,18?/m1/s1. The maximum absolute atomic E-state index is 3.84. The van der Waals surface area contributed by atoms with E-state index in [9.17, 15) is 0 Å². The number of aryl methyl sites for hydroxylation is 1. The van der Waals surface area contributed by atoms with Crippen LogP contribution in [0.1, 0.15) is 69.5 Å². The summed E-state index contributed by atoms with van der Waals surface area (Å²) in [7, 11) is 0. The van der Waals surface area contributed by atoms with E-state index in [1.807, 2.05) is 0 Å². The Kier molecular flexibility index (Phi) is 5.45. The zero-order chi connectivity index (χ0) is 13.7. The van der Waals surface area contributed by atoms with Crippen molar-refractivity contribution in [1.29, 1.82) is 0 Å². The summed E-state index contributed by atoms with van der Waals surface area (Å²) in [5.41, 5.74) is 2.76. The molecule has 0 aromatic heterocycles. The summed E-state index contributed by atoms with van der Waals surface area (Å²) in [6.45, 7) is 6.79. The third kappa shape index (κ3) is 4.35. The number of nitrogens with one attached hydrogen (secondary N) is 1. The second kappa shape index (κ2) is 7.09. The molecule has 0 saturated heterocycles. The number of rotatable bonds is 4. The quantitative estimate of drug-likeness (QED) is 0.750. The summed E-state index contributed by atoms with van der Waals surface area (Å²) in [4.78, 5) is 0. The van der Waals surface area contributed by atoms with Crippen LogP contribution in [0.2, 0.25) is 0 Å². The van der Waals surface area contributed by atoms with Crippen molar-refractivity contribution in [2.75, 3.05) is 0 Å². The Hall–Kier alpha value is -0.820. The maximum atomic E-state index is 3.84. The van der Waals surface area contributed by atoms with E-state index in [4.69, 9.17) is 0 Å². The molecule has 0 heterocycles. The minimum absolute atomic E-state index is 0.476. The Morgan fingerprint density at radius 3 is 2.53 bits per heavy atom. The van der Waals surface area contributed by atoms with Gasteiger partial charge in [-0.2, -0.15) is 0 Å². The molecule has 0 aliphatic heterocycles. The molecule has 1 nitrogen and oxygen atoms in total. The van der Waals surface area contributed by atoms with Gasteiger partial charge >= 0.3 is 0 Å². The van der Waals surface area contributed by atoms with Gasteiger partial charge in [0, 0.05) is 12.1 Å². The highest BCUT2D eigenvalue weighted by molar-refractivity contribution is 5.23. The van der Waals surface area contributed by atoms with Crippen LogP contribution in [-0.4, -0.2) is 6.04 Å². The van der Waals surface area contributed by atoms with Gasteiger partial charge < -0.3 is 5.32 Å². The van der Waals surface area contributed by atoms with Gasteiger partial charge in [-0.1, -0.05) is 56.0 Å². The van der Waals surface area contributed by atoms with Gasteiger partial charge in [0.1, 0.15) is 0 Å². The van der Waals surface area contributed by atoms with Gasteiger partial charge in [0.25, 0.3) is 0 Å². The lowest BCUT2D eigenvalue weighted by atomic mass is 9.97. The van der Waals surface area contributed by atoms with Gasteiger partial charge in [0.15, 0.2) is 0 Å². The first-order valence-electron chi connectivity index (χ1n) is 8.01. The summed E-state index contributed by atoms with van der Waals surface area (Å²) in [6, 6.07) is 10.1. The van der Waals surface area contributed by atoms with E-state index in [2.05, 4.69) is 50.4 Å². The molecular weight excluding hydrogens is 230 g/mol. The third-order valence-corrected chi connectivity index (χ3v) is 4.73. The SMILES string of the molecule is CCC1CCCC(N[C@H](C)c2ccc(C)cc2)CC1. The largest absolute Gasteiger partial charge is 0.307 e. The van der Waals surface area contributed by atoms with Gasteiger partial charge in [-0.15, -0.1) is 0 Å². The van der Waals surface area contributed by atoms with Crippen LogP contribution in [0.5, 0.6) is 0 Å². The lowest BCUT2D eigenvalue weighted by Gasteiger charge is -2.22. The molecule has 0 amide bonds. The van der Waals surface area contributed by atoms with Gasteiger partial charge in [-0.25, -0.2) is 0 Å². The van der Waals surface area contributed by atoms with Crippen LogP contribution in [-0.2, 0) is 0 Å². The van der Waals surface area contributed by atoms with Crippen LogP contribution in [0.4, 0.5) is 0 Å². The molecule has 106 valence electrons. The van der Waals surface area contributed by atoms with Crippen LogP contribution in [0, 0.1) is 12.8 Å². The van der Waals surface area contributed by atoms with E-state index in [0.717, 1.165) is 5.92 Å².